The van der Waals surface area contributed by atoms with Crippen molar-refractivity contribution in [3.8, 4) is 0 Å². The van der Waals surface area contributed by atoms with Gasteiger partial charge in [0, 0.05) is 22.4 Å². The van der Waals surface area contributed by atoms with Gasteiger partial charge >= 0.3 is 78.4 Å². The molecule has 0 heterocycles. The average Bonchev–Trinajstić information content (AvgIpc) is 0. The molecule has 0 unspecified atom stereocenters. The largest absolute Gasteiger partial charge is 2.00 e. The van der Waals surface area contributed by atoms with Crippen LogP contribution in [0.15, 0.2) is 0 Å². The van der Waals surface area contributed by atoms with Crippen molar-refractivity contribution in [3.63, 3.8) is 0 Å². The van der Waals surface area contributed by atoms with Gasteiger partial charge in [-0.3, -0.25) is 0 Å². The van der Waals surface area contributed by atoms with Crippen molar-refractivity contribution in [2.75, 3.05) is 0 Å². The number of rotatable bonds is 0. The Morgan fingerprint density at radius 3 is 1.25 bits per heavy atom. The van der Waals surface area contributed by atoms with E-state index in [0.29, 0.717) is 0 Å². The summed E-state index contributed by atoms with van der Waals surface area (Å²) in [6.07, 6.45) is 0. The minimum atomic E-state index is 0. The quantitative estimate of drug-likeness (QED) is 0.405. The van der Waals surface area contributed by atoms with Gasteiger partial charge in [-0.15, -0.1) is 0 Å². The smallest absolute Gasteiger partial charge is 1.00 e. The van der Waals surface area contributed by atoms with E-state index in [-0.39, 0.29) is 111 Å². The molecule has 0 aliphatic carbocycles. The maximum Gasteiger partial charge on any atom is 2.00 e. The van der Waals surface area contributed by atoms with E-state index in [2.05, 4.69) is 0 Å². The van der Waals surface area contributed by atoms with Crippen LogP contribution in [0.2, 0.25) is 0 Å². The van der Waals surface area contributed by atoms with E-state index in [4.69, 9.17) is 0 Å². The molecule has 0 saturated carbocycles. The van der Waals surface area contributed by atoms with Crippen LogP contribution in [0, 0.1) is 0 Å². The molecule has 0 aromatic heterocycles. The molecule has 0 amide bonds. The van der Waals surface area contributed by atoms with Crippen molar-refractivity contribution >= 4 is 48.9 Å². The van der Waals surface area contributed by atoms with E-state index >= 15 is 0 Å². The number of hydrogen-bond acceptors (Lipinski definition) is 0. The third-order valence-electron chi connectivity index (χ3n) is 0. The predicted octanol–water partition coefficient (Wildman–Crippen LogP) is -3.87. The Morgan fingerprint density at radius 2 is 1.25 bits per heavy atom. The minimum Gasteiger partial charge on any atom is -1.00 e. The second-order valence-corrected chi connectivity index (χ2v) is 0. The SMILES string of the molecule is O.[Ba+2].[H-].[H-].[H-].[Na+].[Nb]. The molecule has 4 heteroatoms. The summed E-state index contributed by atoms with van der Waals surface area (Å²) in [5, 5.41) is 0. The molecule has 0 saturated heterocycles. The van der Waals surface area contributed by atoms with E-state index in [1.165, 1.54) is 0 Å². The van der Waals surface area contributed by atoms with E-state index in [1.807, 2.05) is 0 Å². The van der Waals surface area contributed by atoms with Crippen LogP contribution < -0.4 is 29.6 Å². The van der Waals surface area contributed by atoms with Gasteiger partial charge in [-0.25, -0.2) is 0 Å². The summed E-state index contributed by atoms with van der Waals surface area (Å²) in [5.74, 6) is 0. The minimum absolute atomic E-state index is 0. The van der Waals surface area contributed by atoms with Crippen LogP contribution in [0.3, 0.4) is 0 Å². The Kier molecular flexibility index (Phi) is 109. The molecule has 1 radical (unpaired) electrons. The van der Waals surface area contributed by atoms with Gasteiger partial charge in [0.15, 0.2) is 0 Å². The molecule has 0 aromatic carbocycles. The molecule has 0 aromatic rings. The molecule has 0 bridgehead atoms. The molecule has 1 nitrogen and oxygen atoms in total. The van der Waals surface area contributed by atoms with Crippen LogP contribution in [-0.2, 0) is 22.4 Å². The summed E-state index contributed by atoms with van der Waals surface area (Å²) in [4.78, 5) is 0. The second kappa shape index (κ2) is 16.3. The van der Waals surface area contributed by atoms with Gasteiger partial charge in [-0.1, -0.05) is 0 Å². The van der Waals surface area contributed by atoms with Crippen LogP contribution in [0.5, 0.6) is 0 Å². The fraction of sp³-hybridized carbons (Fsp3) is 0. The van der Waals surface area contributed by atoms with Crippen molar-refractivity contribution in [3.05, 3.63) is 0 Å². The van der Waals surface area contributed by atoms with Crippen LogP contribution >= 0.6 is 0 Å². The van der Waals surface area contributed by atoms with Gasteiger partial charge in [-0.2, -0.15) is 0 Å². The molecule has 0 aliphatic heterocycles. The zero-order valence-electron chi connectivity index (χ0n) is 5.65. The third-order valence-corrected chi connectivity index (χ3v) is 0. The molecular weight excluding hydrogens is 269 g/mol. The third kappa shape index (κ3) is 8.99. The van der Waals surface area contributed by atoms with Crippen LogP contribution in [-0.4, -0.2) is 54.4 Å². The molecular formula is H5BaNaNbO. The van der Waals surface area contributed by atoms with E-state index in [1.54, 1.807) is 0 Å². The first kappa shape index (κ1) is 26.7. The fourth-order valence-corrected chi connectivity index (χ4v) is 0. The second-order valence-electron chi connectivity index (χ2n) is 0. The van der Waals surface area contributed by atoms with Crippen LogP contribution in [0.4, 0.5) is 0 Å². The standard InChI is InChI=1S/Ba.Na.Nb.H2O.3H/h;;;1H2;;;/q+2;+1;;;3*-1. The summed E-state index contributed by atoms with van der Waals surface area (Å²) >= 11 is 0. The Labute approximate surface area is 108 Å². The summed E-state index contributed by atoms with van der Waals surface area (Å²) in [6.45, 7) is 0. The van der Waals surface area contributed by atoms with Crippen molar-refractivity contribution in [2.45, 2.75) is 0 Å². The topological polar surface area (TPSA) is 31.5 Å². The predicted molar refractivity (Wildman–Crippen MR) is 12.7 cm³/mol. The van der Waals surface area contributed by atoms with E-state index < -0.39 is 0 Å². The maximum atomic E-state index is 0. The fourth-order valence-electron chi connectivity index (χ4n) is 0. The van der Waals surface area contributed by atoms with E-state index in [9.17, 15) is 0 Å². The molecule has 0 rings (SSSR count). The molecule has 4 heavy (non-hydrogen) atoms. The van der Waals surface area contributed by atoms with Crippen molar-refractivity contribution in [1.82, 2.24) is 0 Å². The zero-order valence-corrected chi connectivity index (χ0v) is 11.3. The molecule has 19 valence electrons. The van der Waals surface area contributed by atoms with E-state index in [0.717, 1.165) is 0 Å². The Morgan fingerprint density at radius 1 is 1.25 bits per heavy atom. The molecule has 0 spiro atoms. The normalized spacial score (nSPS) is 0. The van der Waals surface area contributed by atoms with Gasteiger partial charge in [0.1, 0.15) is 0 Å². The first-order valence-corrected chi connectivity index (χ1v) is 0. The summed E-state index contributed by atoms with van der Waals surface area (Å²) in [7, 11) is 0. The van der Waals surface area contributed by atoms with Crippen molar-refractivity contribution < 1.29 is 61.7 Å². The average molecular weight is 274 g/mol. The van der Waals surface area contributed by atoms with Gasteiger partial charge in [0.25, 0.3) is 0 Å². The van der Waals surface area contributed by atoms with Gasteiger partial charge in [0.2, 0.25) is 0 Å². The monoisotopic (exact) mass is 275 g/mol. The zero-order chi connectivity index (χ0) is 0. The van der Waals surface area contributed by atoms with Crippen LogP contribution in [0.1, 0.15) is 4.28 Å². The Hall–Kier alpha value is 3.27. The van der Waals surface area contributed by atoms with Crippen molar-refractivity contribution in [2.24, 2.45) is 0 Å². The summed E-state index contributed by atoms with van der Waals surface area (Å²) in [6, 6.07) is 0. The first-order chi connectivity index (χ1) is 0. The summed E-state index contributed by atoms with van der Waals surface area (Å²) in [5.41, 5.74) is 0. The van der Waals surface area contributed by atoms with Crippen LogP contribution in [0.25, 0.3) is 0 Å². The number of hydrogen-bond donors (Lipinski definition) is 0. The first-order valence-electron chi connectivity index (χ1n) is 0. The molecule has 0 atom stereocenters. The van der Waals surface area contributed by atoms with Crippen molar-refractivity contribution in [1.29, 1.82) is 0 Å². The molecule has 0 fully saturated rings. The maximum absolute atomic E-state index is 0. The Balaban J connectivity index is 0. The molecule has 0 aliphatic rings. The van der Waals surface area contributed by atoms with Gasteiger partial charge in [0.05, 0.1) is 0 Å². The summed E-state index contributed by atoms with van der Waals surface area (Å²) < 4.78 is 0. The van der Waals surface area contributed by atoms with Gasteiger partial charge < -0.3 is 9.76 Å². The molecule has 2 N–H and O–H groups in total. The Bertz CT molecular complexity index is 14.9. The van der Waals surface area contributed by atoms with Gasteiger partial charge in [-0.05, 0) is 0 Å².